The molecule has 0 heterocycles. The Morgan fingerprint density at radius 2 is 2.00 bits per heavy atom. The average molecular weight is 277 g/mol. The molecule has 3 heteroatoms. The molecule has 1 atom stereocenters. The van der Waals surface area contributed by atoms with Gasteiger partial charge in [0, 0.05) is 6.42 Å². The number of rotatable bonds is 9. The number of unbranched alkanes of at least 4 members (excludes halogenated alkanes) is 4. The molecule has 20 heavy (non-hydrogen) atoms. The van der Waals surface area contributed by atoms with Crippen molar-refractivity contribution in [3.05, 3.63) is 29.8 Å². The van der Waals surface area contributed by atoms with Crippen LogP contribution in [0.2, 0.25) is 0 Å². The van der Waals surface area contributed by atoms with E-state index in [2.05, 4.69) is 12.2 Å². The highest BCUT2D eigenvalue weighted by molar-refractivity contribution is 5.76. The highest BCUT2D eigenvalue weighted by Gasteiger charge is 2.09. The van der Waals surface area contributed by atoms with Crippen molar-refractivity contribution >= 4 is 5.91 Å². The van der Waals surface area contributed by atoms with Crippen LogP contribution in [0.25, 0.3) is 0 Å². The van der Waals surface area contributed by atoms with Crippen molar-refractivity contribution in [1.82, 2.24) is 5.32 Å². The smallest absolute Gasteiger partial charge is 0.220 e. The second kappa shape index (κ2) is 9.40. The van der Waals surface area contributed by atoms with Crippen LogP contribution in [-0.2, 0) is 4.79 Å². The number of methoxy groups -OCH3 is 1. The first kappa shape index (κ1) is 16.5. The Hall–Kier alpha value is -1.51. The summed E-state index contributed by atoms with van der Waals surface area (Å²) in [6.07, 6.45) is 6.49. The normalized spacial score (nSPS) is 11.9. The lowest BCUT2D eigenvalue weighted by Gasteiger charge is -2.15. The summed E-state index contributed by atoms with van der Waals surface area (Å²) in [7, 11) is 1.65. The van der Waals surface area contributed by atoms with Crippen molar-refractivity contribution in [2.45, 2.75) is 58.4 Å². The molecule has 0 aliphatic rings. The zero-order valence-electron chi connectivity index (χ0n) is 12.9. The Morgan fingerprint density at radius 3 is 2.70 bits per heavy atom. The Kier molecular flexibility index (Phi) is 7.78. The number of hydrogen-bond acceptors (Lipinski definition) is 2. The minimum Gasteiger partial charge on any atom is -0.497 e. The molecule has 0 bridgehead atoms. The molecular weight excluding hydrogens is 250 g/mol. The number of ether oxygens (including phenoxy) is 1. The predicted octanol–water partition coefficient (Wildman–Crippen LogP) is 4.23. The van der Waals surface area contributed by atoms with Crippen LogP contribution in [0, 0.1) is 0 Å². The molecule has 1 rings (SSSR count). The standard InChI is InChI=1S/C17H27NO2/c1-4-5-6-7-8-12-17(19)18-14(2)15-10-9-11-16(13-15)20-3/h9-11,13-14H,4-8,12H2,1-3H3,(H,18,19)/t14-/m1/s1. The topological polar surface area (TPSA) is 38.3 Å². The van der Waals surface area contributed by atoms with Crippen molar-refractivity contribution in [3.8, 4) is 5.75 Å². The molecule has 0 aliphatic heterocycles. The summed E-state index contributed by atoms with van der Waals surface area (Å²) in [4.78, 5) is 11.9. The molecule has 0 aromatic heterocycles. The lowest BCUT2D eigenvalue weighted by molar-refractivity contribution is -0.121. The third kappa shape index (κ3) is 6.09. The molecule has 1 aromatic carbocycles. The SMILES string of the molecule is CCCCCCCC(=O)N[C@H](C)c1cccc(OC)c1. The fourth-order valence-corrected chi connectivity index (χ4v) is 2.20. The van der Waals surface area contributed by atoms with Crippen molar-refractivity contribution in [2.75, 3.05) is 7.11 Å². The van der Waals surface area contributed by atoms with Crippen LogP contribution in [0.4, 0.5) is 0 Å². The Labute approximate surface area is 122 Å². The second-order valence-corrected chi connectivity index (χ2v) is 5.23. The Morgan fingerprint density at radius 1 is 1.25 bits per heavy atom. The Balaban J connectivity index is 2.33. The predicted molar refractivity (Wildman–Crippen MR) is 82.9 cm³/mol. The van der Waals surface area contributed by atoms with Crippen LogP contribution in [0.1, 0.15) is 64.0 Å². The molecular formula is C17H27NO2. The van der Waals surface area contributed by atoms with Crippen molar-refractivity contribution in [2.24, 2.45) is 0 Å². The first-order valence-electron chi connectivity index (χ1n) is 7.60. The van der Waals surface area contributed by atoms with Crippen molar-refractivity contribution < 1.29 is 9.53 Å². The van der Waals surface area contributed by atoms with Gasteiger partial charge in [0.2, 0.25) is 5.91 Å². The summed E-state index contributed by atoms with van der Waals surface area (Å²) in [6.45, 7) is 4.20. The summed E-state index contributed by atoms with van der Waals surface area (Å²) in [6, 6.07) is 7.85. The van der Waals surface area contributed by atoms with E-state index in [0.29, 0.717) is 6.42 Å². The lowest BCUT2D eigenvalue weighted by Crippen LogP contribution is -2.26. The van der Waals surface area contributed by atoms with E-state index < -0.39 is 0 Å². The first-order chi connectivity index (χ1) is 9.67. The fourth-order valence-electron chi connectivity index (χ4n) is 2.20. The van der Waals surface area contributed by atoms with E-state index in [0.717, 1.165) is 24.2 Å². The molecule has 0 aliphatic carbocycles. The highest BCUT2D eigenvalue weighted by atomic mass is 16.5. The summed E-state index contributed by atoms with van der Waals surface area (Å²) >= 11 is 0. The van der Waals surface area contributed by atoms with Gasteiger partial charge >= 0.3 is 0 Å². The Bertz CT molecular complexity index is 404. The molecule has 0 saturated heterocycles. The van der Waals surface area contributed by atoms with Gasteiger partial charge in [0.05, 0.1) is 13.2 Å². The van der Waals surface area contributed by atoms with E-state index >= 15 is 0 Å². The zero-order chi connectivity index (χ0) is 14.8. The van der Waals surface area contributed by atoms with Gasteiger partial charge in [-0.1, -0.05) is 44.7 Å². The van der Waals surface area contributed by atoms with Gasteiger partial charge < -0.3 is 10.1 Å². The van der Waals surface area contributed by atoms with E-state index in [1.54, 1.807) is 7.11 Å². The van der Waals surface area contributed by atoms with Crippen LogP contribution >= 0.6 is 0 Å². The molecule has 0 spiro atoms. The summed E-state index contributed by atoms with van der Waals surface area (Å²) in [5, 5.41) is 3.04. The molecule has 0 radical (unpaired) electrons. The van der Waals surface area contributed by atoms with Gasteiger partial charge in [-0.15, -0.1) is 0 Å². The zero-order valence-corrected chi connectivity index (χ0v) is 12.9. The highest BCUT2D eigenvalue weighted by Crippen LogP contribution is 2.18. The van der Waals surface area contributed by atoms with Gasteiger partial charge in [-0.05, 0) is 31.0 Å². The van der Waals surface area contributed by atoms with Crippen LogP contribution in [-0.4, -0.2) is 13.0 Å². The number of carbonyl (C=O) groups is 1. The molecule has 0 fully saturated rings. The minimum atomic E-state index is 0.0215. The van der Waals surface area contributed by atoms with E-state index in [9.17, 15) is 4.79 Å². The van der Waals surface area contributed by atoms with Gasteiger partial charge in [-0.2, -0.15) is 0 Å². The maximum absolute atomic E-state index is 11.9. The van der Waals surface area contributed by atoms with Gasteiger partial charge in [0.25, 0.3) is 0 Å². The molecule has 1 amide bonds. The maximum Gasteiger partial charge on any atom is 0.220 e. The number of hydrogen-bond donors (Lipinski definition) is 1. The number of carbonyl (C=O) groups excluding carboxylic acids is 1. The molecule has 1 aromatic rings. The van der Waals surface area contributed by atoms with Crippen LogP contribution in [0.5, 0.6) is 5.75 Å². The van der Waals surface area contributed by atoms with Crippen molar-refractivity contribution in [3.63, 3.8) is 0 Å². The third-order valence-corrected chi connectivity index (χ3v) is 3.48. The molecule has 0 saturated carbocycles. The van der Waals surface area contributed by atoms with Crippen LogP contribution in [0.15, 0.2) is 24.3 Å². The van der Waals surface area contributed by atoms with E-state index in [1.165, 1.54) is 19.3 Å². The maximum atomic E-state index is 11.9. The lowest BCUT2D eigenvalue weighted by atomic mass is 10.1. The summed E-state index contributed by atoms with van der Waals surface area (Å²) in [5.41, 5.74) is 1.07. The van der Waals surface area contributed by atoms with Crippen molar-refractivity contribution in [1.29, 1.82) is 0 Å². The molecule has 1 N–H and O–H groups in total. The summed E-state index contributed by atoms with van der Waals surface area (Å²) in [5.74, 6) is 0.958. The summed E-state index contributed by atoms with van der Waals surface area (Å²) < 4.78 is 5.20. The molecule has 112 valence electrons. The number of nitrogens with one attached hydrogen (secondary N) is 1. The van der Waals surface area contributed by atoms with E-state index in [-0.39, 0.29) is 11.9 Å². The van der Waals surface area contributed by atoms with Crippen LogP contribution < -0.4 is 10.1 Å². The number of benzene rings is 1. The van der Waals surface area contributed by atoms with Gasteiger partial charge in [0.1, 0.15) is 5.75 Å². The van der Waals surface area contributed by atoms with Gasteiger partial charge in [-0.3, -0.25) is 4.79 Å². The quantitative estimate of drug-likeness (QED) is 0.686. The largest absolute Gasteiger partial charge is 0.497 e. The van der Waals surface area contributed by atoms with Gasteiger partial charge in [0.15, 0.2) is 0 Å². The average Bonchev–Trinajstić information content (AvgIpc) is 2.47. The molecule has 0 unspecified atom stereocenters. The number of amides is 1. The fraction of sp³-hybridized carbons (Fsp3) is 0.588. The van der Waals surface area contributed by atoms with Crippen LogP contribution in [0.3, 0.4) is 0 Å². The van der Waals surface area contributed by atoms with E-state index in [1.807, 2.05) is 31.2 Å². The third-order valence-electron chi connectivity index (χ3n) is 3.48. The minimum absolute atomic E-state index is 0.0215. The van der Waals surface area contributed by atoms with Gasteiger partial charge in [-0.25, -0.2) is 0 Å². The molecule has 3 nitrogen and oxygen atoms in total. The monoisotopic (exact) mass is 277 g/mol. The second-order valence-electron chi connectivity index (χ2n) is 5.23. The first-order valence-corrected chi connectivity index (χ1v) is 7.60. The van der Waals surface area contributed by atoms with E-state index in [4.69, 9.17) is 4.74 Å².